The summed E-state index contributed by atoms with van der Waals surface area (Å²) >= 11 is 0. The molecule has 1 aromatic heterocycles. The zero-order chi connectivity index (χ0) is 20.5. The van der Waals surface area contributed by atoms with Crippen LogP contribution in [0.2, 0.25) is 0 Å². The van der Waals surface area contributed by atoms with Crippen LogP contribution >= 0.6 is 0 Å². The summed E-state index contributed by atoms with van der Waals surface area (Å²) in [7, 11) is 0. The van der Waals surface area contributed by atoms with Crippen LogP contribution in [0.4, 0.5) is 0 Å². The highest BCUT2D eigenvalue weighted by molar-refractivity contribution is 5.57. The van der Waals surface area contributed by atoms with Crippen molar-refractivity contribution in [3.05, 3.63) is 47.3 Å². The van der Waals surface area contributed by atoms with Crippen LogP contribution in [0.1, 0.15) is 107 Å². The zero-order valence-electron chi connectivity index (χ0n) is 18.9. The fraction of sp³-hybridized carbons (Fsp3) is 0.630. The second kappa shape index (κ2) is 11.5. The molecule has 0 radical (unpaired) electrons. The number of hydrogen-bond acceptors (Lipinski definition) is 2. The summed E-state index contributed by atoms with van der Waals surface area (Å²) in [5.74, 6) is 2.48. The van der Waals surface area contributed by atoms with E-state index in [0.29, 0.717) is 5.92 Å². The molecule has 158 valence electrons. The first-order valence-corrected chi connectivity index (χ1v) is 12.1. The second-order valence-electron chi connectivity index (χ2n) is 9.15. The van der Waals surface area contributed by atoms with Gasteiger partial charge in [-0.2, -0.15) is 0 Å². The maximum atomic E-state index is 4.74. The molecule has 2 aromatic rings. The molecule has 0 atom stereocenters. The lowest BCUT2D eigenvalue weighted by atomic mass is 9.77. The largest absolute Gasteiger partial charge is 0.236 e. The first-order chi connectivity index (χ1) is 14.2. The normalized spacial score (nSPS) is 19.4. The summed E-state index contributed by atoms with van der Waals surface area (Å²) < 4.78 is 0. The van der Waals surface area contributed by atoms with Crippen molar-refractivity contribution >= 4 is 0 Å². The Hall–Kier alpha value is -1.70. The van der Waals surface area contributed by atoms with Gasteiger partial charge < -0.3 is 0 Å². The third-order valence-electron chi connectivity index (χ3n) is 6.86. The van der Waals surface area contributed by atoms with Gasteiger partial charge >= 0.3 is 0 Å². The minimum absolute atomic E-state index is 0.661. The van der Waals surface area contributed by atoms with Gasteiger partial charge in [-0.1, -0.05) is 64.5 Å². The molecule has 3 rings (SSSR count). The van der Waals surface area contributed by atoms with Gasteiger partial charge in [0.1, 0.15) is 0 Å². The Labute approximate surface area is 178 Å². The first-order valence-electron chi connectivity index (χ1n) is 12.1. The summed E-state index contributed by atoms with van der Waals surface area (Å²) in [6, 6.07) is 6.74. The molecule has 1 heterocycles. The Balaban J connectivity index is 1.56. The molecule has 1 aliphatic carbocycles. The van der Waals surface area contributed by atoms with Gasteiger partial charge in [-0.3, -0.25) is 0 Å². The smallest absolute Gasteiger partial charge is 0.159 e. The molecule has 2 heteroatoms. The maximum absolute atomic E-state index is 4.74. The fourth-order valence-electron chi connectivity index (χ4n) is 4.85. The van der Waals surface area contributed by atoms with Crippen molar-refractivity contribution < 1.29 is 0 Å². The van der Waals surface area contributed by atoms with Gasteiger partial charge in [-0.05, 0) is 80.0 Å². The standard InChI is InChI=1S/C27H40N2/c1-4-6-8-10-22-12-14-24(15-13-22)26-19-28-27(29-20-26)25-17-16-23(21(3)18-25)11-9-7-5-2/h16-20,22,24H,4-15H2,1-3H3/t22-,24-. The lowest BCUT2D eigenvalue weighted by Gasteiger charge is -2.28. The van der Waals surface area contributed by atoms with E-state index < -0.39 is 0 Å². The number of aryl methyl sites for hydroxylation is 2. The van der Waals surface area contributed by atoms with E-state index in [9.17, 15) is 0 Å². The molecule has 0 saturated heterocycles. The third kappa shape index (κ3) is 6.39. The lowest BCUT2D eigenvalue weighted by Crippen LogP contribution is -2.14. The number of benzene rings is 1. The van der Waals surface area contributed by atoms with Gasteiger partial charge in [-0.25, -0.2) is 9.97 Å². The van der Waals surface area contributed by atoms with Gasteiger partial charge in [0.05, 0.1) is 0 Å². The van der Waals surface area contributed by atoms with Crippen molar-refractivity contribution in [3.8, 4) is 11.4 Å². The molecular formula is C27H40N2. The molecular weight excluding hydrogens is 352 g/mol. The van der Waals surface area contributed by atoms with Gasteiger partial charge in [0.15, 0.2) is 5.82 Å². The maximum Gasteiger partial charge on any atom is 0.159 e. The molecule has 0 unspecified atom stereocenters. The summed E-state index contributed by atoms with van der Waals surface area (Å²) in [4.78, 5) is 9.48. The number of rotatable bonds is 10. The van der Waals surface area contributed by atoms with Crippen molar-refractivity contribution in [1.82, 2.24) is 9.97 Å². The lowest BCUT2D eigenvalue weighted by molar-refractivity contribution is 0.302. The summed E-state index contributed by atoms with van der Waals surface area (Å²) in [6.07, 6.45) is 20.2. The summed E-state index contributed by atoms with van der Waals surface area (Å²) in [6.45, 7) is 6.78. The average molecular weight is 393 g/mol. The van der Waals surface area contributed by atoms with E-state index in [1.165, 1.54) is 93.7 Å². The molecule has 1 saturated carbocycles. The van der Waals surface area contributed by atoms with Crippen LogP contribution in [-0.2, 0) is 6.42 Å². The fourth-order valence-corrected chi connectivity index (χ4v) is 4.85. The van der Waals surface area contributed by atoms with E-state index in [2.05, 4.69) is 51.4 Å². The van der Waals surface area contributed by atoms with Crippen LogP contribution < -0.4 is 0 Å². The molecule has 0 spiro atoms. The Morgan fingerprint density at radius 3 is 2.21 bits per heavy atom. The Bertz CT molecular complexity index is 727. The first kappa shape index (κ1) is 22.0. The topological polar surface area (TPSA) is 25.8 Å². The van der Waals surface area contributed by atoms with Crippen molar-refractivity contribution in [3.63, 3.8) is 0 Å². The number of hydrogen-bond donors (Lipinski definition) is 0. The number of unbranched alkanes of at least 4 members (excludes halogenated alkanes) is 4. The Morgan fingerprint density at radius 2 is 1.55 bits per heavy atom. The van der Waals surface area contributed by atoms with Crippen molar-refractivity contribution in [2.24, 2.45) is 5.92 Å². The predicted octanol–water partition coefficient (Wildman–Crippen LogP) is 8.04. The van der Waals surface area contributed by atoms with Crippen LogP contribution in [0.3, 0.4) is 0 Å². The van der Waals surface area contributed by atoms with Crippen LogP contribution in [0.15, 0.2) is 30.6 Å². The predicted molar refractivity (Wildman–Crippen MR) is 124 cm³/mol. The highest BCUT2D eigenvalue weighted by Gasteiger charge is 2.22. The van der Waals surface area contributed by atoms with E-state index in [1.807, 2.05) is 0 Å². The van der Waals surface area contributed by atoms with Crippen LogP contribution in [-0.4, -0.2) is 9.97 Å². The number of nitrogens with zero attached hydrogens (tertiary/aromatic N) is 2. The monoisotopic (exact) mass is 392 g/mol. The van der Waals surface area contributed by atoms with E-state index in [1.54, 1.807) is 0 Å². The molecule has 2 nitrogen and oxygen atoms in total. The zero-order valence-corrected chi connectivity index (χ0v) is 18.9. The number of aromatic nitrogens is 2. The van der Waals surface area contributed by atoms with Crippen LogP contribution in [0.5, 0.6) is 0 Å². The SMILES string of the molecule is CCCCCc1ccc(-c2ncc([C@H]3CC[C@H](CCCCC)CC3)cn2)cc1C. The van der Waals surface area contributed by atoms with E-state index >= 15 is 0 Å². The molecule has 29 heavy (non-hydrogen) atoms. The molecule has 0 amide bonds. The minimum atomic E-state index is 0.661. The van der Waals surface area contributed by atoms with Crippen LogP contribution in [0.25, 0.3) is 11.4 Å². The molecule has 0 N–H and O–H groups in total. The molecule has 1 aromatic carbocycles. The highest BCUT2D eigenvalue weighted by Crippen LogP contribution is 2.37. The molecule has 0 bridgehead atoms. The molecule has 1 aliphatic rings. The van der Waals surface area contributed by atoms with E-state index in [0.717, 1.165) is 17.3 Å². The Morgan fingerprint density at radius 1 is 0.862 bits per heavy atom. The quantitative estimate of drug-likeness (QED) is 0.382. The summed E-state index contributed by atoms with van der Waals surface area (Å²) in [5.41, 5.74) is 5.32. The van der Waals surface area contributed by atoms with Crippen molar-refractivity contribution in [1.29, 1.82) is 0 Å². The van der Waals surface area contributed by atoms with Gasteiger partial charge in [0.2, 0.25) is 0 Å². The van der Waals surface area contributed by atoms with Crippen LogP contribution in [0, 0.1) is 12.8 Å². The van der Waals surface area contributed by atoms with Gasteiger partial charge in [-0.15, -0.1) is 0 Å². The summed E-state index contributed by atoms with van der Waals surface area (Å²) in [5, 5.41) is 0. The Kier molecular flexibility index (Phi) is 8.70. The van der Waals surface area contributed by atoms with Gasteiger partial charge in [0, 0.05) is 18.0 Å². The highest BCUT2D eigenvalue weighted by atomic mass is 14.9. The third-order valence-corrected chi connectivity index (χ3v) is 6.86. The van der Waals surface area contributed by atoms with Crippen molar-refractivity contribution in [2.45, 2.75) is 104 Å². The molecule has 1 fully saturated rings. The van der Waals surface area contributed by atoms with E-state index in [-0.39, 0.29) is 0 Å². The minimum Gasteiger partial charge on any atom is -0.236 e. The van der Waals surface area contributed by atoms with Gasteiger partial charge in [0.25, 0.3) is 0 Å². The molecule has 0 aliphatic heterocycles. The van der Waals surface area contributed by atoms with E-state index in [4.69, 9.17) is 9.97 Å². The van der Waals surface area contributed by atoms with Crippen molar-refractivity contribution in [2.75, 3.05) is 0 Å². The second-order valence-corrected chi connectivity index (χ2v) is 9.15. The average Bonchev–Trinajstić information content (AvgIpc) is 2.76.